The number of benzene rings is 3. The first-order valence-electron chi connectivity index (χ1n) is 6.98. The molecule has 0 heterocycles. The van der Waals surface area contributed by atoms with E-state index in [0.717, 1.165) is 6.54 Å². The van der Waals surface area contributed by atoms with E-state index in [2.05, 4.69) is 85.6 Å². The summed E-state index contributed by atoms with van der Waals surface area (Å²) in [5.74, 6) is 0. The smallest absolute Gasteiger partial charge is 0.0426 e. The van der Waals surface area contributed by atoms with E-state index >= 15 is 0 Å². The first kappa shape index (κ1) is 12.7. The van der Waals surface area contributed by atoms with Gasteiger partial charge >= 0.3 is 0 Å². The van der Waals surface area contributed by atoms with Crippen molar-refractivity contribution in [1.82, 2.24) is 0 Å². The number of hydrogen-bond donors (Lipinski definition) is 0. The maximum atomic E-state index is 2.29. The standard InChI is InChI=1S/C19H19N/c1-15-8-9-17-10-11-19(13-18(17)12-15)20(2)14-16-6-4-3-5-7-16/h3-13H,14H2,1-2H3. The van der Waals surface area contributed by atoms with Crippen molar-refractivity contribution in [2.45, 2.75) is 13.5 Å². The summed E-state index contributed by atoms with van der Waals surface area (Å²) in [7, 11) is 2.14. The number of fused-ring (bicyclic) bond motifs is 1. The molecule has 20 heavy (non-hydrogen) atoms. The van der Waals surface area contributed by atoms with Gasteiger partial charge in [-0.15, -0.1) is 0 Å². The van der Waals surface area contributed by atoms with Gasteiger partial charge in [-0.05, 0) is 35.4 Å². The van der Waals surface area contributed by atoms with Crippen LogP contribution in [0.4, 0.5) is 5.69 Å². The van der Waals surface area contributed by atoms with E-state index < -0.39 is 0 Å². The summed E-state index contributed by atoms with van der Waals surface area (Å²) < 4.78 is 0. The molecule has 0 aliphatic carbocycles. The second-order valence-corrected chi connectivity index (χ2v) is 5.38. The van der Waals surface area contributed by atoms with Crippen molar-refractivity contribution in [3.63, 3.8) is 0 Å². The molecule has 1 heteroatoms. The van der Waals surface area contributed by atoms with Crippen LogP contribution in [0.3, 0.4) is 0 Å². The zero-order valence-electron chi connectivity index (χ0n) is 12.0. The van der Waals surface area contributed by atoms with Crippen molar-refractivity contribution in [2.75, 3.05) is 11.9 Å². The molecule has 0 atom stereocenters. The summed E-state index contributed by atoms with van der Waals surface area (Å²) in [6, 6.07) is 23.8. The molecular formula is C19H19N. The van der Waals surface area contributed by atoms with Crippen molar-refractivity contribution in [1.29, 1.82) is 0 Å². The van der Waals surface area contributed by atoms with Gasteiger partial charge in [0.1, 0.15) is 0 Å². The molecule has 0 saturated carbocycles. The largest absolute Gasteiger partial charge is 0.370 e. The van der Waals surface area contributed by atoms with Crippen LogP contribution in [0.1, 0.15) is 11.1 Å². The van der Waals surface area contributed by atoms with Gasteiger partial charge < -0.3 is 4.90 Å². The fourth-order valence-corrected chi connectivity index (χ4v) is 2.54. The minimum Gasteiger partial charge on any atom is -0.370 e. The summed E-state index contributed by atoms with van der Waals surface area (Å²) in [5, 5.41) is 2.61. The normalized spacial score (nSPS) is 10.7. The summed E-state index contributed by atoms with van der Waals surface area (Å²) in [6.07, 6.45) is 0. The highest BCUT2D eigenvalue weighted by Crippen LogP contribution is 2.23. The average Bonchev–Trinajstić information content (AvgIpc) is 2.47. The summed E-state index contributed by atoms with van der Waals surface area (Å²) in [5.41, 5.74) is 3.90. The van der Waals surface area contributed by atoms with Crippen LogP contribution in [0.25, 0.3) is 10.8 Å². The lowest BCUT2D eigenvalue weighted by atomic mass is 10.1. The van der Waals surface area contributed by atoms with Crippen LogP contribution in [-0.2, 0) is 6.54 Å². The molecule has 3 aromatic rings. The monoisotopic (exact) mass is 261 g/mol. The van der Waals surface area contributed by atoms with Crippen molar-refractivity contribution in [3.8, 4) is 0 Å². The molecule has 0 saturated heterocycles. The molecule has 3 aromatic carbocycles. The van der Waals surface area contributed by atoms with Crippen LogP contribution < -0.4 is 4.90 Å². The Kier molecular flexibility index (Phi) is 3.42. The Morgan fingerprint density at radius 1 is 0.800 bits per heavy atom. The third-order valence-electron chi connectivity index (χ3n) is 3.68. The maximum Gasteiger partial charge on any atom is 0.0426 e. The van der Waals surface area contributed by atoms with Crippen molar-refractivity contribution in [3.05, 3.63) is 77.9 Å². The highest BCUT2D eigenvalue weighted by molar-refractivity contribution is 5.86. The van der Waals surface area contributed by atoms with Gasteiger partial charge in [0.25, 0.3) is 0 Å². The molecule has 0 amide bonds. The van der Waals surface area contributed by atoms with Gasteiger partial charge in [-0.3, -0.25) is 0 Å². The predicted octanol–water partition coefficient (Wildman–Crippen LogP) is 4.78. The Labute approximate surface area is 120 Å². The second kappa shape index (κ2) is 5.38. The third kappa shape index (κ3) is 2.67. The maximum absolute atomic E-state index is 2.29. The molecule has 0 radical (unpaired) electrons. The zero-order chi connectivity index (χ0) is 13.9. The number of anilines is 1. The molecule has 0 aliphatic rings. The number of rotatable bonds is 3. The number of hydrogen-bond acceptors (Lipinski definition) is 1. The summed E-state index contributed by atoms with van der Waals surface area (Å²) >= 11 is 0. The molecule has 100 valence electrons. The van der Waals surface area contributed by atoms with E-state index in [1.165, 1.54) is 27.6 Å². The number of nitrogens with zero attached hydrogens (tertiary/aromatic N) is 1. The van der Waals surface area contributed by atoms with Crippen LogP contribution in [0.2, 0.25) is 0 Å². The predicted molar refractivity (Wildman–Crippen MR) is 87.2 cm³/mol. The lowest BCUT2D eigenvalue weighted by Crippen LogP contribution is -2.16. The fraction of sp³-hybridized carbons (Fsp3) is 0.158. The van der Waals surface area contributed by atoms with Crippen LogP contribution >= 0.6 is 0 Å². The lowest BCUT2D eigenvalue weighted by molar-refractivity contribution is 0.924. The van der Waals surface area contributed by atoms with Gasteiger partial charge in [0.2, 0.25) is 0 Å². The van der Waals surface area contributed by atoms with E-state index in [4.69, 9.17) is 0 Å². The highest BCUT2D eigenvalue weighted by Gasteiger charge is 2.03. The molecule has 1 nitrogen and oxygen atoms in total. The molecule has 0 bridgehead atoms. The van der Waals surface area contributed by atoms with Crippen LogP contribution in [0, 0.1) is 6.92 Å². The van der Waals surface area contributed by atoms with Gasteiger partial charge in [0, 0.05) is 19.3 Å². The third-order valence-corrected chi connectivity index (χ3v) is 3.68. The molecular weight excluding hydrogens is 242 g/mol. The Hall–Kier alpha value is -2.28. The SMILES string of the molecule is Cc1ccc2ccc(N(C)Cc3ccccc3)cc2c1. The fourth-order valence-electron chi connectivity index (χ4n) is 2.54. The van der Waals surface area contributed by atoms with Crippen LogP contribution in [0.5, 0.6) is 0 Å². The quantitative estimate of drug-likeness (QED) is 0.655. The van der Waals surface area contributed by atoms with E-state index in [1.807, 2.05) is 0 Å². The average molecular weight is 261 g/mol. The van der Waals surface area contributed by atoms with E-state index in [-0.39, 0.29) is 0 Å². The van der Waals surface area contributed by atoms with Gasteiger partial charge in [-0.1, -0.05) is 60.2 Å². The minimum atomic E-state index is 0.929. The molecule has 0 spiro atoms. The van der Waals surface area contributed by atoms with Crippen molar-refractivity contribution in [2.24, 2.45) is 0 Å². The van der Waals surface area contributed by atoms with E-state index in [1.54, 1.807) is 0 Å². The Morgan fingerprint density at radius 3 is 2.35 bits per heavy atom. The molecule has 0 N–H and O–H groups in total. The van der Waals surface area contributed by atoms with E-state index in [0.29, 0.717) is 0 Å². The number of aryl methyl sites for hydroxylation is 1. The second-order valence-electron chi connectivity index (χ2n) is 5.38. The Morgan fingerprint density at radius 2 is 1.55 bits per heavy atom. The van der Waals surface area contributed by atoms with E-state index in [9.17, 15) is 0 Å². The zero-order valence-corrected chi connectivity index (χ0v) is 12.0. The molecule has 3 rings (SSSR count). The molecule has 0 aromatic heterocycles. The lowest BCUT2D eigenvalue weighted by Gasteiger charge is -2.20. The first-order chi connectivity index (χ1) is 9.72. The van der Waals surface area contributed by atoms with Gasteiger partial charge in [-0.25, -0.2) is 0 Å². The minimum absolute atomic E-state index is 0.929. The molecule has 0 aliphatic heterocycles. The first-order valence-corrected chi connectivity index (χ1v) is 6.98. The molecule has 0 unspecified atom stereocenters. The Balaban J connectivity index is 1.89. The summed E-state index contributed by atoms with van der Waals surface area (Å²) in [6.45, 7) is 3.07. The molecule has 0 fully saturated rings. The Bertz CT molecular complexity index is 716. The van der Waals surface area contributed by atoms with Gasteiger partial charge in [0.15, 0.2) is 0 Å². The van der Waals surface area contributed by atoms with Crippen LogP contribution in [-0.4, -0.2) is 7.05 Å². The van der Waals surface area contributed by atoms with Crippen LogP contribution in [0.15, 0.2) is 66.7 Å². The topological polar surface area (TPSA) is 3.24 Å². The van der Waals surface area contributed by atoms with Crippen molar-refractivity contribution < 1.29 is 0 Å². The van der Waals surface area contributed by atoms with Gasteiger partial charge in [0.05, 0.1) is 0 Å². The van der Waals surface area contributed by atoms with Gasteiger partial charge in [-0.2, -0.15) is 0 Å². The summed E-state index contributed by atoms with van der Waals surface area (Å²) in [4.78, 5) is 2.29. The highest BCUT2D eigenvalue weighted by atomic mass is 15.1. The van der Waals surface area contributed by atoms with Crippen molar-refractivity contribution >= 4 is 16.5 Å².